The third kappa shape index (κ3) is 5.67. The average molecular weight is 328 g/mol. The van der Waals surface area contributed by atoms with E-state index in [1.807, 2.05) is 6.92 Å². The van der Waals surface area contributed by atoms with E-state index in [4.69, 9.17) is 4.74 Å². The molecule has 1 fully saturated rings. The number of hydrogen-bond donors (Lipinski definition) is 0. The molecule has 0 radical (unpaired) electrons. The molecule has 15 heavy (non-hydrogen) atoms. The Kier molecular flexibility index (Phi) is 6.70. The fraction of sp³-hybridized carbons (Fsp3) is 0.900. The Morgan fingerprint density at radius 1 is 1.33 bits per heavy atom. The fourth-order valence-electron chi connectivity index (χ4n) is 1.60. The van der Waals surface area contributed by atoms with Crippen LogP contribution in [0.2, 0.25) is 0 Å². The number of rotatable bonds is 3. The molecule has 4 nitrogen and oxygen atoms in total. The van der Waals surface area contributed by atoms with Gasteiger partial charge in [-0.3, -0.25) is 9.69 Å². The first kappa shape index (κ1) is 15.1. The Hall–Kier alpha value is 0.120. The van der Waals surface area contributed by atoms with Crippen molar-refractivity contribution < 1.29 is 38.0 Å². The average Bonchev–Trinajstić information content (AvgIpc) is 2.09. The lowest BCUT2D eigenvalue weighted by Crippen LogP contribution is -3.00. The molecule has 1 aliphatic heterocycles. The lowest BCUT2D eigenvalue weighted by Gasteiger charge is -2.38. The highest BCUT2D eigenvalue weighted by Gasteiger charge is 2.25. The van der Waals surface area contributed by atoms with E-state index in [0.29, 0.717) is 13.2 Å². The zero-order valence-electron chi connectivity index (χ0n) is 9.83. The van der Waals surface area contributed by atoms with Crippen LogP contribution in [0.4, 0.5) is 0 Å². The Balaban J connectivity index is 0.00000196. The van der Waals surface area contributed by atoms with Crippen LogP contribution in [-0.4, -0.2) is 68.8 Å². The van der Waals surface area contributed by atoms with E-state index < -0.39 is 0 Å². The zero-order chi connectivity index (χ0) is 10.6. The number of piperazine rings is 1. The summed E-state index contributed by atoms with van der Waals surface area (Å²) in [4.78, 5) is 13.4. The van der Waals surface area contributed by atoms with Crippen LogP contribution >= 0.6 is 0 Å². The summed E-state index contributed by atoms with van der Waals surface area (Å²) in [6.45, 7) is 6.98. The molecule has 0 amide bonds. The molecule has 1 saturated heterocycles. The van der Waals surface area contributed by atoms with Crippen molar-refractivity contribution in [3.05, 3.63) is 0 Å². The Bertz CT molecular complexity index is 200. The maximum absolute atomic E-state index is 11.2. The molecule has 0 aliphatic carbocycles. The predicted octanol–water partition coefficient (Wildman–Crippen LogP) is -3.05. The molecule has 0 aromatic carbocycles. The molecule has 0 N–H and O–H groups in total. The molecule has 0 unspecified atom stereocenters. The first-order chi connectivity index (χ1) is 6.53. The van der Waals surface area contributed by atoms with Crippen molar-refractivity contribution in [3.63, 3.8) is 0 Å². The van der Waals surface area contributed by atoms with Gasteiger partial charge < -0.3 is 33.2 Å². The van der Waals surface area contributed by atoms with Crippen LogP contribution < -0.4 is 24.0 Å². The summed E-state index contributed by atoms with van der Waals surface area (Å²) >= 11 is 0. The van der Waals surface area contributed by atoms with Gasteiger partial charge in [0.25, 0.3) is 0 Å². The molecular weight excluding hydrogens is 307 g/mol. The molecular formula is C10H21IN2O2. The third-order valence-electron chi connectivity index (χ3n) is 2.70. The van der Waals surface area contributed by atoms with Crippen LogP contribution in [0.3, 0.4) is 0 Å². The lowest BCUT2D eigenvalue weighted by molar-refractivity contribution is -0.894. The first-order valence-corrected chi connectivity index (χ1v) is 5.23. The predicted molar refractivity (Wildman–Crippen MR) is 54.9 cm³/mol. The van der Waals surface area contributed by atoms with E-state index in [9.17, 15) is 4.79 Å². The van der Waals surface area contributed by atoms with Gasteiger partial charge in [0, 0.05) is 13.1 Å². The number of hydrogen-bond acceptors (Lipinski definition) is 3. The van der Waals surface area contributed by atoms with Crippen LogP contribution in [0.25, 0.3) is 0 Å². The van der Waals surface area contributed by atoms with E-state index in [1.165, 1.54) is 0 Å². The van der Waals surface area contributed by atoms with Gasteiger partial charge in [-0.2, -0.15) is 0 Å². The van der Waals surface area contributed by atoms with Crippen LogP contribution in [0.1, 0.15) is 6.92 Å². The van der Waals surface area contributed by atoms with Crippen molar-refractivity contribution >= 4 is 5.97 Å². The number of quaternary nitrogens is 1. The minimum absolute atomic E-state index is 0. The van der Waals surface area contributed by atoms with Gasteiger partial charge in [-0.05, 0) is 6.92 Å². The van der Waals surface area contributed by atoms with Crippen molar-refractivity contribution in [2.75, 3.05) is 53.4 Å². The normalized spacial score (nSPS) is 20.5. The third-order valence-corrected chi connectivity index (χ3v) is 2.70. The van der Waals surface area contributed by atoms with Gasteiger partial charge in [-0.1, -0.05) is 0 Å². The largest absolute Gasteiger partial charge is 1.00 e. The van der Waals surface area contributed by atoms with E-state index >= 15 is 0 Å². The Morgan fingerprint density at radius 2 is 1.87 bits per heavy atom. The number of likely N-dealkylation sites (N-methyl/N-ethyl adjacent to an activating group) is 1. The summed E-state index contributed by atoms with van der Waals surface area (Å²) < 4.78 is 5.97. The van der Waals surface area contributed by atoms with Gasteiger partial charge in [0.2, 0.25) is 0 Å². The molecule has 0 aromatic rings. The number of esters is 1. The van der Waals surface area contributed by atoms with Crippen molar-refractivity contribution in [2.45, 2.75) is 6.92 Å². The van der Waals surface area contributed by atoms with Gasteiger partial charge >= 0.3 is 5.97 Å². The van der Waals surface area contributed by atoms with Crippen molar-refractivity contribution in [2.24, 2.45) is 0 Å². The highest BCUT2D eigenvalue weighted by atomic mass is 127. The molecule has 0 saturated carbocycles. The maximum Gasteiger partial charge on any atom is 0.320 e. The maximum atomic E-state index is 11.2. The molecule has 0 spiro atoms. The summed E-state index contributed by atoms with van der Waals surface area (Å²) in [7, 11) is 4.45. The molecule has 1 rings (SSSR count). The summed E-state index contributed by atoms with van der Waals surface area (Å²) in [5.41, 5.74) is 0. The molecule has 0 bridgehead atoms. The monoisotopic (exact) mass is 328 g/mol. The summed E-state index contributed by atoms with van der Waals surface area (Å²) in [5.74, 6) is -0.0975. The number of halogens is 1. The zero-order valence-corrected chi connectivity index (χ0v) is 12.0. The minimum Gasteiger partial charge on any atom is -1.00 e. The van der Waals surface area contributed by atoms with E-state index in [0.717, 1.165) is 30.7 Å². The Morgan fingerprint density at radius 3 is 2.33 bits per heavy atom. The summed E-state index contributed by atoms with van der Waals surface area (Å²) in [5, 5.41) is 0. The smallest absolute Gasteiger partial charge is 0.320 e. The minimum atomic E-state index is -0.0975. The van der Waals surface area contributed by atoms with Crippen LogP contribution in [-0.2, 0) is 9.53 Å². The van der Waals surface area contributed by atoms with E-state index in [2.05, 4.69) is 19.0 Å². The second-order valence-corrected chi connectivity index (χ2v) is 4.46. The second-order valence-electron chi connectivity index (χ2n) is 4.46. The van der Waals surface area contributed by atoms with Gasteiger partial charge in [-0.15, -0.1) is 0 Å². The highest BCUT2D eigenvalue weighted by Crippen LogP contribution is 2.05. The van der Waals surface area contributed by atoms with Gasteiger partial charge in [0.15, 0.2) is 0 Å². The van der Waals surface area contributed by atoms with Crippen molar-refractivity contribution in [1.82, 2.24) is 4.90 Å². The van der Waals surface area contributed by atoms with Crippen molar-refractivity contribution in [1.29, 1.82) is 0 Å². The Labute approximate surface area is 109 Å². The van der Waals surface area contributed by atoms with Crippen LogP contribution in [0.5, 0.6) is 0 Å². The first-order valence-electron chi connectivity index (χ1n) is 5.23. The molecule has 5 heteroatoms. The SMILES string of the molecule is CCOC(=O)CN1CC[N+](C)(C)CC1.[I-]. The number of nitrogens with zero attached hydrogens (tertiary/aromatic N) is 2. The fourth-order valence-corrected chi connectivity index (χ4v) is 1.60. The molecule has 1 heterocycles. The summed E-state index contributed by atoms with van der Waals surface area (Å²) in [6, 6.07) is 0. The van der Waals surface area contributed by atoms with Crippen molar-refractivity contribution in [3.8, 4) is 0 Å². The van der Waals surface area contributed by atoms with E-state index in [1.54, 1.807) is 0 Å². The molecule has 0 atom stereocenters. The quantitative estimate of drug-likeness (QED) is 0.313. The second kappa shape index (κ2) is 6.65. The molecule has 90 valence electrons. The van der Waals surface area contributed by atoms with Crippen LogP contribution in [0.15, 0.2) is 0 Å². The number of carbonyl (C=O) groups excluding carboxylic acids is 1. The summed E-state index contributed by atoms with van der Waals surface area (Å²) in [6.07, 6.45) is 0. The lowest BCUT2D eigenvalue weighted by atomic mass is 10.3. The molecule has 1 aliphatic rings. The number of ether oxygens (including phenoxy) is 1. The van der Waals surface area contributed by atoms with Gasteiger partial charge in [-0.25, -0.2) is 0 Å². The highest BCUT2D eigenvalue weighted by molar-refractivity contribution is 5.71. The standard InChI is InChI=1S/C10H21N2O2.HI/c1-4-14-10(13)9-11-5-7-12(2,3)8-6-11;/h4-9H2,1-3H3;1H/q+1;/p-1. The van der Waals surface area contributed by atoms with Gasteiger partial charge in [0.1, 0.15) is 0 Å². The van der Waals surface area contributed by atoms with Gasteiger partial charge in [0.05, 0.1) is 40.3 Å². The molecule has 0 aromatic heterocycles. The van der Waals surface area contributed by atoms with Crippen LogP contribution in [0, 0.1) is 0 Å². The topological polar surface area (TPSA) is 29.5 Å². The van der Waals surface area contributed by atoms with E-state index in [-0.39, 0.29) is 29.9 Å². The number of carbonyl (C=O) groups is 1.